The molecule has 0 aromatic heterocycles. The van der Waals surface area contributed by atoms with Gasteiger partial charge >= 0.3 is 71.2 Å². The summed E-state index contributed by atoms with van der Waals surface area (Å²) >= 11 is 7.09. The van der Waals surface area contributed by atoms with Crippen molar-refractivity contribution >= 4 is 47.2 Å². The molecule has 0 aliphatic carbocycles. The molecule has 0 aromatic rings. The molecule has 0 atom stereocenters. The van der Waals surface area contributed by atoms with Crippen molar-refractivity contribution in [1.29, 1.82) is 0 Å². The molecule has 0 unspecified atom stereocenters. The van der Waals surface area contributed by atoms with Crippen LogP contribution in [-0.2, 0) is 24.0 Å². The first kappa shape index (κ1) is 11.4. The molecule has 0 saturated heterocycles. The Kier molecular flexibility index (Phi) is 29.8. The van der Waals surface area contributed by atoms with Gasteiger partial charge in [-0.25, -0.2) is 0 Å². The summed E-state index contributed by atoms with van der Waals surface area (Å²) in [6, 6.07) is 0. The number of hydrogen-bond acceptors (Lipinski definition) is 2. The standard InChI is InChI=1S/Ni.Pd.2S.2Se. The van der Waals surface area contributed by atoms with Crippen LogP contribution in [0.2, 0.25) is 0 Å². The Hall–Kier alpha value is 2.63. The van der Waals surface area contributed by atoms with Crippen molar-refractivity contribution in [1.82, 2.24) is 0 Å². The fraction of sp³-hybridized carbons (Fsp3) is 0. The quantitative estimate of drug-likeness (QED) is 0.557. The average molecular weight is 387 g/mol. The van der Waals surface area contributed by atoms with Gasteiger partial charge in [0.05, 0.1) is 0 Å². The monoisotopic (exact) mass is 388 g/mol. The Bertz CT molecular complexity index is 65.5. The van der Waals surface area contributed by atoms with E-state index in [4.69, 9.17) is 0 Å². The predicted molar refractivity (Wildman–Crippen MR) is 26.7 cm³/mol. The first-order valence-electron chi connectivity index (χ1n) is 0.516. The van der Waals surface area contributed by atoms with Gasteiger partial charge in [0.25, 0.3) is 0 Å². The third-order valence-electron chi connectivity index (χ3n) is 0. The van der Waals surface area contributed by atoms with Crippen molar-refractivity contribution in [2.45, 2.75) is 0 Å². The molecule has 0 aromatic carbocycles. The van der Waals surface area contributed by atoms with E-state index < -0.39 is 0 Å². The molecular formula is NiPdS2Se2. The van der Waals surface area contributed by atoms with Crippen LogP contribution in [0.4, 0.5) is 0 Å². The fourth-order valence-electron chi connectivity index (χ4n) is 0. The fourth-order valence-corrected chi connectivity index (χ4v) is 0. The molecular weight excluding hydrogens is 387 g/mol. The van der Waals surface area contributed by atoms with Crippen molar-refractivity contribution in [2.24, 2.45) is 0 Å². The van der Waals surface area contributed by atoms with Gasteiger partial charge in [0.2, 0.25) is 0 Å². The molecule has 0 amide bonds. The van der Waals surface area contributed by atoms with Crippen LogP contribution in [0.25, 0.3) is 0 Å². The van der Waals surface area contributed by atoms with Crippen LogP contribution in [0.3, 0.4) is 0 Å². The average Bonchev–Trinajstić information content (AvgIpc) is 1.39. The normalized spacial score (nSPS) is 6.67. The Balaban J connectivity index is 0. The zero-order chi connectivity index (χ0) is 5.41. The van der Waals surface area contributed by atoms with Crippen molar-refractivity contribution in [3.63, 3.8) is 0 Å². The Morgan fingerprint density at radius 2 is 1.33 bits per heavy atom. The minimum atomic E-state index is 0.700. The molecule has 0 aliphatic rings. The van der Waals surface area contributed by atoms with E-state index >= 15 is 0 Å². The number of rotatable bonds is 0. The van der Waals surface area contributed by atoms with Crippen LogP contribution < -0.4 is 0 Å². The molecule has 6 heavy (non-hydrogen) atoms. The molecule has 0 nitrogen and oxygen atoms in total. The van der Waals surface area contributed by atoms with E-state index in [0.29, 0.717) is 12.8 Å². The Morgan fingerprint density at radius 1 is 1.33 bits per heavy atom. The SMILES string of the molecule is [S]=[Ni]=[S].[Se]=[Pd]=[Se]. The van der Waals surface area contributed by atoms with Crippen molar-refractivity contribution in [3.05, 3.63) is 0 Å². The third-order valence-corrected chi connectivity index (χ3v) is 0. The molecule has 0 saturated carbocycles. The maximum atomic E-state index is 4.15. The first-order valence-corrected chi connectivity index (χ1v) is 11.1. The summed E-state index contributed by atoms with van der Waals surface area (Å²) in [6.07, 6.45) is 0. The van der Waals surface area contributed by atoms with Crippen LogP contribution in [0, 0.1) is 0 Å². The zero-order valence-corrected chi connectivity index (χ0v) is 9.87. The molecule has 0 fully saturated rings. The van der Waals surface area contributed by atoms with E-state index in [1.54, 1.807) is 0 Å². The van der Waals surface area contributed by atoms with Gasteiger partial charge in [0.15, 0.2) is 0 Å². The maximum absolute atomic E-state index is 4.15. The molecule has 0 heterocycles. The minimum absolute atomic E-state index is 0.700. The summed E-state index contributed by atoms with van der Waals surface area (Å²) in [7, 11) is 8.29. The number of hydrogen-bond donors (Lipinski definition) is 0. The molecule has 0 rings (SSSR count). The van der Waals surface area contributed by atoms with Crippen molar-refractivity contribution < 1.29 is 24.0 Å². The second-order valence-corrected chi connectivity index (χ2v) is 10.4. The van der Waals surface area contributed by atoms with Gasteiger partial charge in [0.1, 0.15) is 0 Å². The van der Waals surface area contributed by atoms with E-state index in [0.717, 1.165) is 11.2 Å². The van der Waals surface area contributed by atoms with Crippen LogP contribution >= 0.6 is 21.3 Å². The van der Waals surface area contributed by atoms with Crippen LogP contribution in [0.15, 0.2) is 0 Å². The van der Waals surface area contributed by atoms with Crippen molar-refractivity contribution in [3.8, 4) is 0 Å². The summed E-state index contributed by atoms with van der Waals surface area (Å²) in [6.45, 7) is 0. The second kappa shape index (κ2) is 15.6. The van der Waals surface area contributed by atoms with Gasteiger partial charge in [0, 0.05) is 0 Å². The van der Waals surface area contributed by atoms with E-state index in [-0.39, 0.29) is 0 Å². The van der Waals surface area contributed by atoms with E-state index in [2.05, 4.69) is 47.2 Å². The summed E-state index contributed by atoms with van der Waals surface area (Å²) in [4.78, 5) is 0. The summed E-state index contributed by atoms with van der Waals surface area (Å²) in [5.41, 5.74) is 0. The molecule has 6 heteroatoms. The van der Waals surface area contributed by atoms with Crippen LogP contribution in [-0.4, -0.2) is 25.9 Å². The molecule has 0 N–H and O–H groups in total. The second-order valence-electron chi connectivity index (χ2n) is 0.105. The molecule has 0 aliphatic heterocycles. The van der Waals surface area contributed by atoms with Gasteiger partial charge in [-0.05, 0) is 0 Å². The summed E-state index contributed by atoms with van der Waals surface area (Å²) < 4.78 is 0. The van der Waals surface area contributed by atoms with Crippen molar-refractivity contribution in [2.75, 3.05) is 0 Å². The molecule has 0 radical (unpaired) electrons. The summed E-state index contributed by atoms with van der Waals surface area (Å²) in [5.74, 6) is 0. The topological polar surface area (TPSA) is 0 Å². The van der Waals surface area contributed by atoms with E-state index in [1.807, 2.05) is 0 Å². The van der Waals surface area contributed by atoms with Gasteiger partial charge in [-0.2, -0.15) is 0 Å². The molecule has 0 spiro atoms. The van der Waals surface area contributed by atoms with Gasteiger partial charge in [-0.3, -0.25) is 0 Å². The van der Waals surface area contributed by atoms with E-state index in [9.17, 15) is 0 Å². The van der Waals surface area contributed by atoms with Gasteiger partial charge in [-0.15, -0.1) is 0 Å². The predicted octanol–water partition coefficient (Wildman–Crippen LogP) is 0.530. The Labute approximate surface area is 70.0 Å². The third kappa shape index (κ3) is 30.3. The van der Waals surface area contributed by atoms with Gasteiger partial charge < -0.3 is 0 Å². The van der Waals surface area contributed by atoms with E-state index in [1.165, 1.54) is 0 Å². The van der Waals surface area contributed by atoms with Crippen LogP contribution in [0.5, 0.6) is 0 Å². The van der Waals surface area contributed by atoms with Gasteiger partial charge in [-0.1, -0.05) is 0 Å². The van der Waals surface area contributed by atoms with Crippen LogP contribution in [0.1, 0.15) is 0 Å². The first-order chi connectivity index (χ1) is 2.83. The summed E-state index contributed by atoms with van der Waals surface area (Å²) in [5, 5.41) is 0. The Morgan fingerprint density at radius 3 is 1.33 bits per heavy atom. The molecule has 0 bridgehead atoms. The zero-order valence-electron chi connectivity index (χ0n) is 2.27. The molecule has 44 valence electrons.